The van der Waals surface area contributed by atoms with Crippen LogP contribution in [0.15, 0.2) is 0 Å². The van der Waals surface area contributed by atoms with E-state index in [2.05, 4.69) is 31.0 Å². The van der Waals surface area contributed by atoms with E-state index in [9.17, 15) is 0 Å². The van der Waals surface area contributed by atoms with Gasteiger partial charge in [-0.25, -0.2) is 0 Å². The molecule has 0 saturated heterocycles. The second-order valence-corrected chi connectivity index (χ2v) is 3.50. The molecule has 66 valence electrons. The summed E-state index contributed by atoms with van der Waals surface area (Å²) in [6.45, 7) is 8.35. The summed E-state index contributed by atoms with van der Waals surface area (Å²) in [5.74, 6) is 0.664. The van der Waals surface area contributed by atoms with Crippen LogP contribution < -0.4 is 5.32 Å². The Labute approximate surface area is 75.0 Å². The lowest BCUT2D eigenvalue weighted by atomic mass is 10.2. The first kappa shape index (κ1) is 10.7. The van der Waals surface area contributed by atoms with Crippen molar-refractivity contribution in [3.63, 3.8) is 0 Å². The van der Waals surface area contributed by atoms with Crippen molar-refractivity contribution in [2.24, 2.45) is 5.92 Å². The van der Waals surface area contributed by atoms with Crippen LogP contribution in [0.25, 0.3) is 0 Å². The molecule has 3 heteroatoms. The van der Waals surface area contributed by atoms with Crippen LogP contribution in [0.3, 0.4) is 0 Å². The molecule has 0 aromatic rings. The van der Waals surface area contributed by atoms with E-state index >= 15 is 0 Å². The summed E-state index contributed by atoms with van der Waals surface area (Å²) in [5, 5.41) is 3.96. The third kappa shape index (κ3) is 5.01. The molecule has 0 radical (unpaired) electrons. The first-order chi connectivity index (χ1) is 5.07. The van der Waals surface area contributed by atoms with Crippen LogP contribution in [0.4, 0.5) is 0 Å². The molecule has 0 unspecified atom stereocenters. The van der Waals surface area contributed by atoms with Gasteiger partial charge in [0.2, 0.25) is 0 Å². The Morgan fingerprint density at radius 1 is 1.55 bits per heavy atom. The monoisotopic (exact) mass is 174 g/mol. The van der Waals surface area contributed by atoms with Crippen LogP contribution in [0.2, 0.25) is 0 Å². The highest BCUT2D eigenvalue weighted by Gasteiger charge is 2.03. The van der Waals surface area contributed by atoms with Crippen molar-refractivity contribution in [2.75, 3.05) is 20.1 Å². The molecular formula is C8H18N2S. The molecule has 0 spiro atoms. The van der Waals surface area contributed by atoms with E-state index in [-0.39, 0.29) is 0 Å². The van der Waals surface area contributed by atoms with Crippen molar-refractivity contribution < 1.29 is 0 Å². The lowest BCUT2D eigenvalue weighted by Gasteiger charge is -2.22. The molecule has 0 bridgehead atoms. The molecular weight excluding hydrogens is 156 g/mol. The third-order valence-electron chi connectivity index (χ3n) is 1.31. The number of hydrogen-bond acceptors (Lipinski definition) is 1. The molecule has 0 aromatic carbocycles. The minimum atomic E-state index is 0.664. The zero-order valence-corrected chi connectivity index (χ0v) is 8.66. The van der Waals surface area contributed by atoms with Crippen molar-refractivity contribution in [1.29, 1.82) is 0 Å². The van der Waals surface area contributed by atoms with Gasteiger partial charge < -0.3 is 10.2 Å². The van der Waals surface area contributed by atoms with E-state index in [4.69, 9.17) is 12.2 Å². The molecule has 0 saturated carbocycles. The molecule has 0 amide bonds. The van der Waals surface area contributed by atoms with E-state index in [1.165, 1.54) is 0 Å². The maximum atomic E-state index is 5.11. The molecule has 1 N–H and O–H groups in total. The Bertz CT molecular complexity index is 123. The van der Waals surface area contributed by atoms with Crippen molar-refractivity contribution in [3.05, 3.63) is 0 Å². The fourth-order valence-electron chi connectivity index (χ4n) is 0.917. The summed E-state index contributed by atoms with van der Waals surface area (Å²) in [6.07, 6.45) is 0. The number of thiocarbonyl (C=S) groups is 1. The Morgan fingerprint density at radius 3 is 2.45 bits per heavy atom. The highest BCUT2D eigenvalue weighted by Crippen LogP contribution is 1.95. The minimum Gasteiger partial charge on any atom is -0.363 e. The Hall–Kier alpha value is -0.310. The summed E-state index contributed by atoms with van der Waals surface area (Å²) >= 11 is 5.11. The van der Waals surface area contributed by atoms with Gasteiger partial charge in [-0.3, -0.25) is 0 Å². The van der Waals surface area contributed by atoms with Gasteiger partial charge in [0, 0.05) is 20.1 Å². The van der Waals surface area contributed by atoms with Crippen LogP contribution in [0.5, 0.6) is 0 Å². The van der Waals surface area contributed by atoms with Gasteiger partial charge in [-0.15, -0.1) is 0 Å². The lowest BCUT2D eigenvalue weighted by Crippen LogP contribution is -2.38. The fourth-order valence-corrected chi connectivity index (χ4v) is 1.14. The second kappa shape index (κ2) is 5.35. The van der Waals surface area contributed by atoms with Gasteiger partial charge in [0.05, 0.1) is 0 Å². The van der Waals surface area contributed by atoms with Gasteiger partial charge >= 0.3 is 0 Å². The largest absolute Gasteiger partial charge is 0.363 e. The van der Waals surface area contributed by atoms with Crippen LogP contribution in [0.1, 0.15) is 20.8 Å². The van der Waals surface area contributed by atoms with Gasteiger partial charge in [0.1, 0.15) is 0 Å². The van der Waals surface area contributed by atoms with Gasteiger partial charge in [-0.2, -0.15) is 0 Å². The molecule has 0 aromatic heterocycles. The van der Waals surface area contributed by atoms with Crippen molar-refractivity contribution in [1.82, 2.24) is 10.2 Å². The van der Waals surface area contributed by atoms with Crippen molar-refractivity contribution >= 4 is 17.3 Å². The van der Waals surface area contributed by atoms with E-state index in [1.807, 2.05) is 7.05 Å². The van der Waals surface area contributed by atoms with Gasteiger partial charge in [0.15, 0.2) is 5.11 Å². The smallest absolute Gasteiger partial charge is 0.168 e. The van der Waals surface area contributed by atoms with Crippen molar-refractivity contribution in [2.45, 2.75) is 20.8 Å². The number of rotatable bonds is 3. The molecule has 0 fully saturated rings. The normalized spacial score (nSPS) is 9.91. The standard InChI is InChI=1S/C8H18N2S/c1-5-9-8(11)10(4)6-7(2)3/h7H,5-6H2,1-4H3,(H,9,11). The summed E-state index contributed by atoms with van der Waals surface area (Å²) in [6, 6.07) is 0. The van der Waals surface area contributed by atoms with Crippen LogP contribution in [-0.2, 0) is 0 Å². The van der Waals surface area contributed by atoms with Crippen LogP contribution in [-0.4, -0.2) is 30.1 Å². The van der Waals surface area contributed by atoms with E-state index < -0.39 is 0 Å². The van der Waals surface area contributed by atoms with Gasteiger partial charge in [0.25, 0.3) is 0 Å². The topological polar surface area (TPSA) is 15.3 Å². The number of nitrogens with zero attached hydrogens (tertiary/aromatic N) is 1. The molecule has 0 atom stereocenters. The molecule has 0 aliphatic carbocycles. The van der Waals surface area contributed by atoms with E-state index in [1.54, 1.807) is 0 Å². The summed E-state index contributed by atoms with van der Waals surface area (Å²) in [4.78, 5) is 2.07. The highest BCUT2D eigenvalue weighted by molar-refractivity contribution is 7.80. The molecule has 0 aliphatic heterocycles. The van der Waals surface area contributed by atoms with Gasteiger partial charge in [-0.1, -0.05) is 13.8 Å². The minimum absolute atomic E-state index is 0.664. The quantitative estimate of drug-likeness (QED) is 0.652. The zero-order chi connectivity index (χ0) is 8.85. The molecule has 11 heavy (non-hydrogen) atoms. The number of hydrogen-bond donors (Lipinski definition) is 1. The molecule has 0 rings (SSSR count). The van der Waals surface area contributed by atoms with Crippen LogP contribution >= 0.6 is 12.2 Å². The molecule has 0 heterocycles. The Morgan fingerprint density at radius 2 is 2.09 bits per heavy atom. The average molecular weight is 174 g/mol. The predicted molar refractivity (Wildman–Crippen MR) is 53.7 cm³/mol. The maximum Gasteiger partial charge on any atom is 0.168 e. The lowest BCUT2D eigenvalue weighted by molar-refractivity contribution is 0.420. The zero-order valence-electron chi connectivity index (χ0n) is 7.85. The highest BCUT2D eigenvalue weighted by atomic mass is 32.1. The third-order valence-corrected chi connectivity index (χ3v) is 1.77. The Kier molecular flexibility index (Phi) is 5.20. The second-order valence-electron chi connectivity index (χ2n) is 3.11. The SMILES string of the molecule is CCNC(=S)N(C)CC(C)C. The number of nitrogens with one attached hydrogen (secondary N) is 1. The van der Waals surface area contributed by atoms with E-state index in [0.717, 1.165) is 18.2 Å². The predicted octanol–water partition coefficient (Wildman–Crippen LogP) is 1.47. The van der Waals surface area contributed by atoms with Gasteiger partial charge in [-0.05, 0) is 25.1 Å². The summed E-state index contributed by atoms with van der Waals surface area (Å²) in [5.41, 5.74) is 0. The summed E-state index contributed by atoms with van der Waals surface area (Å²) < 4.78 is 0. The van der Waals surface area contributed by atoms with Crippen LogP contribution in [0, 0.1) is 5.92 Å². The van der Waals surface area contributed by atoms with E-state index in [0.29, 0.717) is 5.92 Å². The maximum absolute atomic E-state index is 5.11. The average Bonchev–Trinajstić information content (AvgIpc) is 1.86. The molecule has 2 nitrogen and oxygen atoms in total. The van der Waals surface area contributed by atoms with Crippen molar-refractivity contribution in [3.8, 4) is 0 Å². The summed E-state index contributed by atoms with van der Waals surface area (Å²) in [7, 11) is 2.02. The molecule has 0 aliphatic rings. The first-order valence-corrected chi connectivity index (χ1v) is 4.47. The Balaban J connectivity index is 3.64. The fraction of sp³-hybridized carbons (Fsp3) is 0.875. The first-order valence-electron chi connectivity index (χ1n) is 4.06.